The molecule has 122 valence electrons. The Morgan fingerprint density at radius 3 is 2.13 bits per heavy atom. The molecule has 3 rings (SSSR count). The highest BCUT2D eigenvalue weighted by molar-refractivity contribution is 5.63. The first-order valence-corrected chi connectivity index (χ1v) is 8.72. The fourth-order valence-corrected chi connectivity index (χ4v) is 3.85. The SMILES string of the molecule is CCC[C@H]1CC[C@H](c2ccc(-c3ccc(F)cc3)cc2F)CC1. The molecule has 0 spiro atoms. The highest BCUT2D eigenvalue weighted by Crippen LogP contribution is 2.39. The second-order valence-electron chi connectivity index (χ2n) is 6.75. The van der Waals surface area contributed by atoms with Crippen molar-refractivity contribution in [3.05, 3.63) is 59.7 Å². The van der Waals surface area contributed by atoms with Gasteiger partial charge in [0.2, 0.25) is 0 Å². The van der Waals surface area contributed by atoms with E-state index in [2.05, 4.69) is 6.92 Å². The molecule has 0 heterocycles. The molecule has 0 radical (unpaired) electrons. The lowest BCUT2D eigenvalue weighted by molar-refractivity contribution is 0.304. The number of hydrogen-bond acceptors (Lipinski definition) is 0. The smallest absolute Gasteiger partial charge is 0.127 e. The Labute approximate surface area is 137 Å². The molecule has 0 amide bonds. The van der Waals surface area contributed by atoms with Crippen molar-refractivity contribution in [2.45, 2.75) is 51.4 Å². The highest BCUT2D eigenvalue weighted by Gasteiger charge is 2.24. The summed E-state index contributed by atoms with van der Waals surface area (Å²) in [5, 5.41) is 0. The summed E-state index contributed by atoms with van der Waals surface area (Å²) in [6.07, 6.45) is 7.18. The second-order valence-corrected chi connectivity index (χ2v) is 6.75. The number of rotatable bonds is 4. The molecule has 0 unspecified atom stereocenters. The van der Waals surface area contributed by atoms with E-state index in [9.17, 15) is 8.78 Å². The van der Waals surface area contributed by atoms with E-state index in [4.69, 9.17) is 0 Å². The van der Waals surface area contributed by atoms with Crippen LogP contribution in [-0.2, 0) is 0 Å². The van der Waals surface area contributed by atoms with Crippen LogP contribution < -0.4 is 0 Å². The van der Waals surface area contributed by atoms with Crippen LogP contribution in [0.25, 0.3) is 11.1 Å². The van der Waals surface area contributed by atoms with Gasteiger partial charge in [0, 0.05) is 0 Å². The molecule has 1 aliphatic rings. The number of benzene rings is 2. The van der Waals surface area contributed by atoms with Crippen LogP contribution in [0.15, 0.2) is 42.5 Å². The average molecular weight is 314 g/mol. The molecule has 2 aromatic rings. The lowest BCUT2D eigenvalue weighted by Crippen LogP contribution is -2.14. The van der Waals surface area contributed by atoms with Gasteiger partial charge in [-0.15, -0.1) is 0 Å². The molecule has 1 fully saturated rings. The van der Waals surface area contributed by atoms with E-state index in [1.807, 2.05) is 12.1 Å². The zero-order valence-corrected chi connectivity index (χ0v) is 13.7. The van der Waals surface area contributed by atoms with Gasteiger partial charge in [0.1, 0.15) is 11.6 Å². The summed E-state index contributed by atoms with van der Waals surface area (Å²) in [7, 11) is 0. The standard InChI is InChI=1S/C21H24F2/c1-2-3-15-4-6-17(7-5-15)20-13-10-18(14-21(20)23)16-8-11-19(22)12-9-16/h8-15,17H,2-7H2,1H3/t15-,17-. The summed E-state index contributed by atoms with van der Waals surface area (Å²) in [6.45, 7) is 2.24. The Morgan fingerprint density at radius 2 is 1.52 bits per heavy atom. The van der Waals surface area contributed by atoms with Gasteiger partial charge in [0.25, 0.3) is 0 Å². The van der Waals surface area contributed by atoms with Crippen LogP contribution in [-0.4, -0.2) is 0 Å². The van der Waals surface area contributed by atoms with Crippen molar-refractivity contribution in [3.63, 3.8) is 0 Å². The summed E-state index contributed by atoms with van der Waals surface area (Å²) in [4.78, 5) is 0. The van der Waals surface area contributed by atoms with Crippen LogP contribution in [0, 0.1) is 17.6 Å². The maximum atomic E-state index is 14.6. The van der Waals surface area contributed by atoms with Crippen molar-refractivity contribution in [3.8, 4) is 11.1 Å². The molecule has 0 atom stereocenters. The minimum absolute atomic E-state index is 0.120. The van der Waals surface area contributed by atoms with Crippen molar-refractivity contribution in [2.24, 2.45) is 5.92 Å². The molecule has 1 aliphatic carbocycles. The first kappa shape index (κ1) is 16.2. The lowest BCUT2D eigenvalue weighted by atomic mass is 9.77. The molecule has 0 aliphatic heterocycles. The van der Waals surface area contributed by atoms with E-state index in [1.165, 1.54) is 37.8 Å². The largest absolute Gasteiger partial charge is 0.207 e. The highest BCUT2D eigenvalue weighted by atomic mass is 19.1. The summed E-state index contributed by atoms with van der Waals surface area (Å²) in [5.74, 6) is 0.795. The molecule has 0 aromatic heterocycles. The number of hydrogen-bond donors (Lipinski definition) is 0. The summed E-state index contributed by atoms with van der Waals surface area (Å²) in [5.41, 5.74) is 2.51. The molecule has 0 bridgehead atoms. The van der Waals surface area contributed by atoms with Gasteiger partial charge in [-0.3, -0.25) is 0 Å². The van der Waals surface area contributed by atoms with Gasteiger partial charge >= 0.3 is 0 Å². The van der Waals surface area contributed by atoms with Crippen molar-refractivity contribution < 1.29 is 8.78 Å². The third-order valence-electron chi connectivity index (χ3n) is 5.16. The third-order valence-corrected chi connectivity index (χ3v) is 5.16. The first-order chi connectivity index (χ1) is 11.2. The van der Waals surface area contributed by atoms with Gasteiger partial charge in [-0.1, -0.05) is 44.0 Å². The van der Waals surface area contributed by atoms with Crippen LogP contribution in [0.1, 0.15) is 56.9 Å². The Bertz CT molecular complexity index is 637. The Morgan fingerprint density at radius 1 is 0.870 bits per heavy atom. The molecule has 0 nitrogen and oxygen atoms in total. The minimum Gasteiger partial charge on any atom is -0.207 e. The van der Waals surface area contributed by atoms with Crippen LogP contribution in [0.4, 0.5) is 8.78 Å². The maximum absolute atomic E-state index is 14.6. The van der Waals surface area contributed by atoms with Crippen LogP contribution in [0.3, 0.4) is 0 Å². The Hall–Kier alpha value is -1.70. The van der Waals surface area contributed by atoms with E-state index >= 15 is 0 Å². The predicted molar refractivity (Wildman–Crippen MR) is 91.4 cm³/mol. The molecule has 0 saturated heterocycles. The van der Waals surface area contributed by atoms with Gasteiger partial charge in [-0.2, -0.15) is 0 Å². The van der Waals surface area contributed by atoms with Gasteiger partial charge in [-0.05, 0) is 72.4 Å². The lowest BCUT2D eigenvalue weighted by Gasteiger charge is -2.29. The van der Waals surface area contributed by atoms with Gasteiger partial charge < -0.3 is 0 Å². The van der Waals surface area contributed by atoms with E-state index < -0.39 is 0 Å². The fraction of sp³-hybridized carbons (Fsp3) is 0.429. The zero-order valence-electron chi connectivity index (χ0n) is 13.7. The first-order valence-electron chi connectivity index (χ1n) is 8.72. The van der Waals surface area contributed by atoms with E-state index in [-0.39, 0.29) is 11.6 Å². The van der Waals surface area contributed by atoms with Crippen LogP contribution in [0.5, 0.6) is 0 Å². The third kappa shape index (κ3) is 3.80. The molecular formula is C21H24F2. The van der Waals surface area contributed by atoms with E-state index in [1.54, 1.807) is 18.2 Å². The molecule has 0 N–H and O–H groups in total. The van der Waals surface area contributed by atoms with Gasteiger partial charge in [0.05, 0.1) is 0 Å². The van der Waals surface area contributed by atoms with Crippen LogP contribution in [0.2, 0.25) is 0 Å². The van der Waals surface area contributed by atoms with Gasteiger partial charge in [0.15, 0.2) is 0 Å². The summed E-state index contributed by atoms with van der Waals surface area (Å²) in [6, 6.07) is 11.7. The van der Waals surface area contributed by atoms with E-state index in [0.29, 0.717) is 5.92 Å². The molecule has 1 saturated carbocycles. The minimum atomic E-state index is -0.269. The average Bonchev–Trinajstić information content (AvgIpc) is 2.57. The normalized spacial score (nSPS) is 21.3. The van der Waals surface area contributed by atoms with Crippen molar-refractivity contribution >= 4 is 0 Å². The summed E-state index contributed by atoms with van der Waals surface area (Å²) >= 11 is 0. The monoisotopic (exact) mass is 314 g/mol. The van der Waals surface area contributed by atoms with Gasteiger partial charge in [-0.25, -0.2) is 8.78 Å². The Balaban J connectivity index is 1.74. The van der Waals surface area contributed by atoms with Crippen molar-refractivity contribution in [1.29, 1.82) is 0 Å². The summed E-state index contributed by atoms with van der Waals surface area (Å²) < 4.78 is 27.6. The fourth-order valence-electron chi connectivity index (χ4n) is 3.85. The van der Waals surface area contributed by atoms with Crippen molar-refractivity contribution in [1.82, 2.24) is 0 Å². The van der Waals surface area contributed by atoms with E-state index in [0.717, 1.165) is 35.4 Å². The Kier molecular flexibility index (Phi) is 5.09. The van der Waals surface area contributed by atoms with Crippen molar-refractivity contribution in [2.75, 3.05) is 0 Å². The second kappa shape index (κ2) is 7.25. The molecule has 2 heteroatoms. The zero-order chi connectivity index (χ0) is 16.2. The van der Waals surface area contributed by atoms with Crippen LogP contribution >= 0.6 is 0 Å². The molecule has 2 aromatic carbocycles. The molecular weight excluding hydrogens is 290 g/mol. The number of halogens is 2. The predicted octanol–water partition coefficient (Wildman–Crippen LogP) is 6.71. The maximum Gasteiger partial charge on any atom is 0.127 e. The topological polar surface area (TPSA) is 0 Å². The quantitative estimate of drug-likeness (QED) is 0.588. The molecule has 23 heavy (non-hydrogen) atoms.